The van der Waals surface area contributed by atoms with Crippen LogP contribution in [0.4, 0.5) is 5.13 Å². The highest BCUT2D eigenvalue weighted by Gasteiger charge is 2.15. The number of aromatic nitrogens is 5. The molecule has 0 atom stereocenters. The fourth-order valence-electron chi connectivity index (χ4n) is 2.99. The van der Waals surface area contributed by atoms with E-state index in [0.29, 0.717) is 9.90 Å². The minimum absolute atomic E-state index is 0.0318. The quantitative estimate of drug-likeness (QED) is 0.451. The van der Waals surface area contributed by atoms with Gasteiger partial charge in [-0.25, -0.2) is 14.3 Å². The smallest absolute Gasteiger partial charge is 0.248 e. The molecule has 0 aliphatic heterocycles. The number of carbonyl (C=O) groups excluding carboxylic acids is 1. The van der Waals surface area contributed by atoms with Gasteiger partial charge in [-0.15, -0.1) is 11.3 Å². The van der Waals surface area contributed by atoms with Crippen molar-refractivity contribution in [3.8, 4) is 11.3 Å². The van der Waals surface area contributed by atoms with Gasteiger partial charge in [0.15, 0.2) is 11.0 Å². The second kappa shape index (κ2) is 8.54. The normalized spacial score (nSPS) is 10.9. The van der Waals surface area contributed by atoms with Crippen molar-refractivity contribution in [1.82, 2.24) is 24.1 Å². The summed E-state index contributed by atoms with van der Waals surface area (Å²) < 4.78 is 5.76. The highest BCUT2D eigenvalue weighted by atomic mass is 32.1. The largest absolute Gasteiger partial charge is 0.300 e. The molecule has 4 rings (SSSR count). The van der Waals surface area contributed by atoms with Crippen LogP contribution in [0, 0.1) is 4.77 Å². The Morgan fingerprint density at radius 2 is 1.93 bits per heavy atom. The van der Waals surface area contributed by atoms with Crippen LogP contribution in [-0.4, -0.2) is 30.0 Å². The standard InChI is InChI=1S/C20H20N6OS2/c1-2-8-17-23-25(20(28)26(17)24-11-6-7-12-24)13-18(27)22-19-21-16(14-29-19)15-9-4-3-5-10-15/h3-7,9-12,14H,2,8,13H2,1H3,(H,21,22,27). The van der Waals surface area contributed by atoms with Crippen LogP contribution in [0.3, 0.4) is 0 Å². The first kappa shape index (κ1) is 19.3. The summed E-state index contributed by atoms with van der Waals surface area (Å²) in [5.74, 6) is 0.609. The Labute approximate surface area is 177 Å². The molecule has 0 aliphatic rings. The van der Waals surface area contributed by atoms with E-state index in [4.69, 9.17) is 12.2 Å². The van der Waals surface area contributed by atoms with Gasteiger partial charge in [0.25, 0.3) is 0 Å². The lowest BCUT2D eigenvalue weighted by Crippen LogP contribution is -2.20. The summed E-state index contributed by atoms with van der Waals surface area (Å²) in [6, 6.07) is 13.7. The number of nitrogens with one attached hydrogen (secondary N) is 1. The minimum Gasteiger partial charge on any atom is -0.300 e. The summed E-state index contributed by atoms with van der Waals surface area (Å²) in [6.07, 6.45) is 5.51. The highest BCUT2D eigenvalue weighted by molar-refractivity contribution is 7.71. The van der Waals surface area contributed by atoms with Gasteiger partial charge in [-0.2, -0.15) is 5.10 Å². The molecule has 0 spiro atoms. The maximum absolute atomic E-state index is 12.6. The third-order valence-corrected chi connectivity index (χ3v) is 5.43. The van der Waals surface area contributed by atoms with Crippen LogP contribution in [0.15, 0.2) is 60.2 Å². The Balaban J connectivity index is 1.51. The molecular formula is C20H20N6OS2. The van der Waals surface area contributed by atoms with E-state index in [-0.39, 0.29) is 12.5 Å². The number of rotatable bonds is 7. The monoisotopic (exact) mass is 424 g/mol. The van der Waals surface area contributed by atoms with Crippen LogP contribution < -0.4 is 5.32 Å². The highest BCUT2D eigenvalue weighted by Crippen LogP contribution is 2.24. The molecule has 1 amide bonds. The summed E-state index contributed by atoms with van der Waals surface area (Å²) in [6.45, 7) is 2.12. The Hall–Kier alpha value is -3.04. The van der Waals surface area contributed by atoms with Crippen molar-refractivity contribution >= 4 is 34.6 Å². The van der Waals surface area contributed by atoms with Gasteiger partial charge in [0.2, 0.25) is 10.7 Å². The lowest BCUT2D eigenvalue weighted by molar-refractivity contribution is -0.116. The van der Waals surface area contributed by atoms with Gasteiger partial charge in [0.1, 0.15) is 6.54 Å². The van der Waals surface area contributed by atoms with Crippen molar-refractivity contribution in [2.24, 2.45) is 0 Å². The molecule has 1 N–H and O–H groups in total. The molecule has 0 aliphatic carbocycles. The van der Waals surface area contributed by atoms with Crippen LogP contribution in [0.2, 0.25) is 0 Å². The van der Waals surface area contributed by atoms with E-state index in [0.717, 1.165) is 29.9 Å². The second-order valence-electron chi connectivity index (χ2n) is 6.43. The van der Waals surface area contributed by atoms with Crippen molar-refractivity contribution in [3.05, 3.63) is 70.8 Å². The van der Waals surface area contributed by atoms with Crippen molar-refractivity contribution in [3.63, 3.8) is 0 Å². The first-order valence-corrected chi connectivity index (χ1v) is 10.6. The number of thiazole rings is 1. The molecule has 7 nitrogen and oxygen atoms in total. The third kappa shape index (κ3) is 4.20. The zero-order valence-electron chi connectivity index (χ0n) is 15.9. The average Bonchev–Trinajstić information content (AvgIpc) is 3.45. The van der Waals surface area contributed by atoms with E-state index in [1.165, 1.54) is 11.3 Å². The molecule has 29 heavy (non-hydrogen) atoms. The summed E-state index contributed by atoms with van der Waals surface area (Å²) in [5.41, 5.74) is 1.85. The van der Waals surface area contributed by atoms with Crippen molar-refractivity contribution < 1.29 is 4.79 Å². The maximum Gasteiger partial charge on any atom is 0.248 e. The summed E-state index contributed by atoms with van der Waals surface area (Å²) in [5, 5.41) is 9.90. The van der Waals surface area contributed by atoms with Gasteiger partial charge in [0.05, 0.1) is 5.69 Å². The number of amides is 1. The first-order valence-electron chi connectivity index (χ1n) is 9.29. The lowest BCUT2D eigenvalue weighted by atomic mass is 10.2. The van der Waals surface area contributed by atoms with Gasteiger partial charge in [-0.1, -0.05) is 37.3 Å². The summed E-state index contributed by atoms with van der Waals surface area (Å²) >= 11 is 6.97. The first-order chi connectivity index (χ1) is 14.2. The number of carbonyl (C=O) groups is 1. The zero-order chi connectivity index (χ0) is 20.2. The van der Waals surface area contributed by atoms with Gasteiger partial charge in [0, 0.05) is 29.8 Å². The molecule has 148 valence electrons. The van der Waals surface area contributed by atoms with E-state index < -0.39 is 0 Å². The number of hydrogen-bond acceptors (Lipinski definition) is 5. The van der Waals surface area contributed by atoms with E-state index in [1.807, 2.05) is 69.6 Å². The Kier molecular flexibility index (Phi) is 5.68. The molecule has 0 bridgehead atoms. The lowest BCUT2D eigenvalue weighted by Gasteiger charge is -2.06. The van der Waals surface area contributed by atoms with Crippen LogP contribution in [0.5, 0.6) is 0 Å². The van der Waals surface area contributed by atoms with Crippen LogP contribution in [0.25, 0.3) is 11.3 Å². The van der Waals surface area contributed by atoms with Crippen LogP contribution in [0.1, 0.15) is 19.2 Å². The minimum atomic E-state index is -0.213. The van der Waals surface area contributed by atoms with Crippen molar-refractivity contribution in [1.29, 1.82) is 0 Å². The molecule has 9 heteroatoms. The fraction of sp³-hybridized carbons (Fsp3) is 0.200. The average molecular weight is 425 g/mol. The number of nitrogens with zero attached hydrogens (tertiary/aromatic N) is 5. The molecule has 0 unspecified atom stereocenters. The molecular weight excluding hydrogens is 404 g/mol. The predicted molar refractivity (Wildman–Crippen MR) is 116 cm³/mol. The number of benzene rings is 1. The molecule has 3 heterocycles. The van der Waals surface area contributed by atoms with Crippen LogP contribution >= 0.6 is 23.6 Å². The van der Waals surface area contributed by atoms with Crippen LogP contribution in [-0.2, 0) is 17.8 Å². The Morgan fingerprint density at radius 1 is 1.17 bits per heavy atom. The summed E-state index contributed by atoms with van der Waals surface area (Å²) in [7, 11) is 0. The van der Waals surface area contributed by atoms with E-state index in [1.54, 1.807) is 4.68 Å². The van der Waals surface area contributed by atoms with E-state index in [2.05, 4.69) is 22.3 Å². The van der Waals surface area contributed by atoms with E-state index >= 15 is 0 Å². The molecule has 0 radical (unpaired) electrons. The van der Waals surface area contributed by atoms with Gasteiger partial charge >= 0.3 is 0 Å². The topological polar surface area (TPSA) is 69.7 Å². The predicted octanol–water partition coefficient (Wildman–Crippen LogP) is 4.24. The Bertz CT molecular complexity index is 1160. The molecule has 1 aromatic carbocycles. The SMILES string of the molecule is CCCc1nn(CC(=O)Nc2nc(-c3ccccc3)cs2)c(=S)n1-n1cccc1. The third-order valence-electron chi connectivity index (χ3n) is 4.29. The van der Waals surface area contributed by atoms with Crippen molar-refractivity contribution in [2.75, 3.05) is 5.32 Å². The number of anilines is 1. The second-order valence-corrected chi connectivity index (χ2v) is 7.66. The van der Waals surface area contributed by atoms with Crippen molar-refractivity contribution in [2.45, 2.75) is 26.3 Å². The summed E-state index contributed by atoms with van der Waals surface area (Å²) in [4.78, 5) is 17.1. The maximum atomic E-state index is 12.6. The molecule has 3 aromatic heterocycles. The van der Waals surface area contributed by atoms with E-state index in [9.17, 15) is 4.79 Å². The fourth-order valence-corrected chi connectivity index (χ4v) is 4.03. The molecule has 4 aromatic rings. The van der Waals surface area contributed by atoms with Gasteiger partial charge in [-0.05, 0) is 30.8 Å². The molecule has 0 fully saturated rings. The van der Waals surface area contributed by atoms with Gasteiger partial charge < -0.3 is 5.32 Å². The van der Waals surface area contributed by atoms with Gasteiger partial charge in [-0.3, -0.25) is 9.47 Å². The number of aryl methyl sites for hydroxylation is 1. The molecule has 0 saturated carbocycles. The number of hydrogen-bond donors (Lipinski definition) is 1. The zero-order valence-corrected chi connectivity index (χ0v) is 17.5. The molecule has 0 saturated heterocycles. The Morgan fingerprint density at radius 3 is 2.66 bits per heavy atom.